The van der Waals surface area contributed by atoms with E-state index in [9.17, 15) is 15.0 Å². The van der Waals surface area contributed by atoms with E-state index in [0.717, 1.165) is 0 Å². The summed E-state index contributed by atoms with van der Waals surface area (Å²) in [6.45, 7) is 3.26. The maximum absolute atomic E-state index is 11.7. The predicted molar refractivity (Wildman–Crippen MR) is 90.7 cm³/mol. The van der Waals surface area contributed by atoms with Gasteiger partial charge >= 0.3 is 5.97 Å². The standard InChI is InChI=1S/C17H20N4O4/c1-3-25-16(23)10-21-9-13(11-22)14(17(24)12(21)2)8-19-20-15-6-4-5-7-18-15/h4-9,22,24H,3,10-11H2,1-2H3/b14-8-,20-19?. The van der Waals surface area contributed by atoms with Crippen molar-refractivity contribution in [2.75, 3.05) is 19.8 Å². The highest BCUT2D eigenvalue weighted by atomic mass is 16.5. The van der Waals surface area contributed by atoms with Crippen LogP contribution in [0.2, 0.25) is 0 Å². The molecule has 0 aliphatic carbocycles. The molecule has 0 spiro atoms. The van der Waals surface area contributed by atoms with E-state index < -0.39 is 5.97 Å². The fourth-order valence-corrected chi connectivity index (χ4v) is 2.18. The van der Waals surface area contributed by atoms with Gasteiger partial charge in [0.15, 0.2) is 5.82 Å². The van der Waals surface area contributed by atoms with E-state index in [0.29, 0.717) is 22.7 Å². The lowest BCUT2D eigenvalue weighted by Crippen LogP contribution is -2.29. The Bertz CT molecular complexity index is 738. The van der Waals surface area contributed by atoms with Crippen molar-refractivity contribution >= 4 is 11.8 Å². The lowest BCUT2D eigenvalue weighted by atomic mass is 10.0. The van der Waals surface area contributed by atoms with Crippen LogP contribution < -0.4 is 0 Å². The number of hydrogen-bond acceptors (Lipinski definition) is 8. The molecule has 0 fully saturated rings. The number of rotatable bonds is 6. The van der Waals surface area contributed by atoms with Gasteiger partial charge in [-0.1, -0.05) is 6.07 Å². The van der Waals surface area contributed by atoms with Gasteiger partial charge in [-0.2, -0.15) is 5.11 Å². The minimum absolute atomic E-state index is 0.0596. The molecule has 25 heavy (non-hydrogen) atoms. The molecular formula is C17H20N4O4. The number of aliphatic hydroxyl groups is 2. The molecule has 1 aromatic rings. The van der Waals surface area contributed by atoms with Crippen molar-refractivity contribution in [3.05, 3.63) is 59.4 Å². The monoisotopic (exact) mass is 344 g/mol. The van der Waals surface area contributed by atoms with Gasteiger partial charge in [-0.25, -0.2) is 4.98 Å². The minimum Gasteiger partial charge on any atom is -0.505 e. The van der Waals surface area contributed by atoms with Crippen LogP contribution >= 0.6 is 0 Å². The fourth-order valence-electron chi connectivity index (χ4n) is 2.18. The van der Waals surface area contributed by atoms with Crippen LogP contribution in [0.1, 0.15) is 13.8 Å². The summed E-state index contributed by atoms with van der Waals surface area (Å²) in [4.78, 5) is 17.2. The quantitative estimate of drug-likeness (QED) is 0.607. The first-order valence-corrected chi connectivity index (χ1v) is 7.73. The fraction of sp³-hybridized carbons (Fsp3) is 0.294. The van der Waals surface area contributed by atoms with Gasteiger partial charge in [0.1, 0.15) is 12.3 Å². The molecule has 132 valence electrons. The molecule has 1 aliphatic heterocycles. The summed E-state index contributed by atoms with van der Waals surface area (Å²) in [5.74, 6) is -0.0879. The second kappa shape index (κ2) is 8.74. The molecule has 2 heterocycles. The normalized spacial score (nSPS) is 16.5. The molecule has 0 aromatic carbocycles. The van der Waals surface area contributed by atoms with Crippen LogP contribution in [0.4, 0.5) is 5.82 Å². The first-order valence-electron chi connectivity index (χ1n) is 7.73. The maximum Gasteiger partial charge on any atom is 0.325 e. The van der Waals surface area contributed by atoms with Gasteiger partial charge in [-0.15, -0.1) is 5.11 Å². The van der Waals surface area contributed by atoms with E-state index in [1.54, 1.807) is 44.4 Å². The molecule has 1 aromatic heterocycles. The molecule has 0 saturated carbocycles. The average molecular weight is 344 g/mol. The van der Waals surface area contributed by atoms with Crippen molar-refractivity contribution in [3.8, 4) is 0 Å². The van der Waals surface area contributed by atoms with Crippen LogP contribution in [0.3, 0.4) is 0 Å². The van der Waals surface area contributed by atoms with Crippen molar-refractivity contribution in [2.24, 2.45) is 10.2 Å². The Morgan fingerprint density at radius 2 is 2.24 bits per heavy atom. The van der Waals surface area contributed by atoms with Crippen molar-refractivity contribution < 1.29 is 19.7 Å². The van der Waals surface area contributed by atoms with E-state index in [1.807, 2.05) is 0 Å². The average Bonchev–Trinajstić information content (AvgIpc) is 2.62. The lowest BCUT2D eigenvalue weighted by Gasteiger charge is -2.28. The first kappa shape index (κ1) is 18.3. The van der Waals surface area contributed by atoms with E-state index >= 15 is 0 Å². The zero-order chi connectivity index (χ0) is 18.2. The van der Waals surface area contributed by atoms with Crippen molar-refractivity contribution in [1.29, 1.82) is 0 Å². The van der Waals surface area contributed by atoms with Gasteiger partial charge in [-0.05, 0) is 26.0 Å². The van der Waals surface area contributed by atoms with Gasteiger partial charge in [-0.3, -0.25) is 4.79 Å². The van der Waals surface area contributed by atoms with Gasteiger partial charge in [0, 0.05) is 23.5 Å². The van der Waals surface area contributed by atoms with Crippen molar-refractivity contribution in [3.63, 3.8) is 0 Å². The molecule has 0 amide bonds. The molecule has 0 atom stereocenters. The summed E-state index contributed by atoms with van der Waals surface area (Å²) in [6, 6.07) is 5.23. The van der Waals surface area contributed by atoms with Crippen LogP contribution in [-0.2, 0) is 9.53 Å². The van der Waals surface area contributed by atoms with Crippen LogP contribution in [-0.4, -0.2) is 45.8 Å². The molecular weight excluding hydrogens is 324 g/mol. The number of azo groups is 1. The number of ether oxygens (including phenoxy) is 1. The molecule has 0 bridgehead atoms. The van der Waals surface area contributed by atoms with Gasteiger partial charge in [0.25, 0.3) is 0 Å². The van der Waals surface area contributed by atoms with E-state index in [-0.39, 0.29) is 25.5 Å². The topological polar surface area (TPSA) is 108 Å². The molecule has 0 unspecified atom stereocenters. The van der Waals surface area contributed by atoms with E-state index in [4.69, 9.17) is 4.74 Å². The highest BCUT2D eigenvalue weighted by Gasteiger charge is 2.23. The summed E-state index contributed by atoms with van der Waals surface area (Å²) >= 11 is 0. The smallest absolute Gasteiger partial charge is 0.325 e. The first-order chi connectivity index (χ1) is 12.1. The number of pyridine rings is 1. The SMILES string of the molecule is CCOC(=O)CN1C=C(CO)/C(=C/N=Nc2ccccn2)C(O)=C1C. The second-order valence-electron chi connectivity index (χ2n) is 5.13. The van der Waals surface area contributed by atoms with Crippen LogP contribution in [0.25, 0.3) is 0 Å². The highest BCUT2D eigenvalue weighted by molar-refractivity contribution is 5.72. The Hall–Kier alpha value is -3.00. The lowest BCUT2D eigenvalue weighted by molar-refractivity contribution is -0.143. The number of aliphatic hydroxyl groups excluding tert-OH is 2. The number of carbonyl (C=O) groups is 1. The third-order valence-corrected chi connectivity index (χ3v) is 3.46. The van der Waals surface area contributed by atoms with Crippen LogP contribution in [0, 0.1) is 0 Å². The van der Waals surface area contributed by atoms with Gasteiger partial charge in [0.2, 0.25) is 0 Å². The zero-order valence-electron chi connectivity index (χ0n) is 14.1. The third kappa shape index (κ3) is 4.74. The van der Waals surface area contributed by atoms with E-state index in [1.165, 1.54) is 11.1 Å². The molecule has 1 aliphatic rings. The molecule has 0 radical (unpaired) electrons. The third-order valence-electron chi connectivity index (χ3n) is 3.46. The van der Waals surface area contributed by atoms with Gasteiger partial charge < -0.3 is 19.8 Å². The van der Waals surface area contributed by atoms with Crippen molar-refractivity contribution in [2.45, 2.75) is 13.8 Å². The zero-order valence-corrected chi connectivity index (χ0v) is 14.1. The predicted octanol–water partition coefficient (Wildman–Crippen LogP) is 2.59. The summed E-state index contributed by atoms with van der Waals surface area (Å²) in [6.07, 6.45) is 4.52. The largest absolute Gasteiger partial charge is 0.505 e. The summed E-state index contributed by atoms with van der Waals surface area (Å²) in [7, 11) is 0. The summed E-state index contributed by atoms with van der Waals surface area (Å²) < 4.78 is 4.91. The Kier molecular flexibility index (Phi) is 6.41. The van der Waals surface area contributed by atoms with Crippen LogP contribution in [0.15, 0.2) is 69.6 Å². The van der Waals surface area contributed by atoms with Crippen molar-refractivity contribution in [1.82, 2.24) is 9.88 Å². The Morgan fingerprint density at radius 1 is 1.44 bits per heavy atom. The molecule has 8 nitrogen and oxygen atoms in total. The maximum atomic E-state index is 11.7. The number of esters is 1. The number of allylic oxidation sites excluding steroid dienone is 2. The summed E-state index contributed by atoms with van der Waals surface area (Å²) in [5, 5.41) is 27.8. The molecule has 2 N–H and O–H groups in total. The number of aromatic nitrogens is 1. The van der Waals surface area contributed by atoms with E-state index in [2.05, 4.69) is 15.2 Å². The molecule has 8 heteroatoms. The Balaban J connectivity index is 2.23. The summed E-state index contributed by atoms with van der Waals surface area (Å²) in [5.41, 5.74) is 1.19. The molecule has 0 saturated heterocycles. The minimum atomic E-state index is -0.426. The highest BCUT2D eigenvalue weighted by Crippen LogP contribution is 2.28. The number of hydrogen-bond donors (Lipinski definition) is 2. The van der Waals surface area contributed by atoms with Crippen LogP contribution in [0.5, 0.6) is 0 Å². The Labute approximate surface area is 145 Å². The molecule has 2 rings (SSSR count). The number of nitrogens with zero attached hydrogens (tertiary/aromatic N) is 4. The second-order valence-corrected chi connectivity index (χ2v) is 5.13. The number of carbonyl (C=O) groups excluding carboxylic acids is 1. The van der Waals surface area contributed by atoms with Gasteiger partial charge in [0.05, 0.1) is 25.1 Å². The Morgan fingerprint density at radius 3 is 2.88 bits per heavy atom.